The summed E-state index contributed by atoms with van der Waals surface area (Å²) in [4.78, 5) is 5.09. The second-order valence-corrected chi connectivity index (χ2v) is 23.4. The summed E-state index contributed by atoms with van der Waals surface area (Å²) in [5, 5.41) is 0. The lowest BCUT2D eigenvalue weighted by atomic mass is 9.71. The first-order valence-corrected chi connectivity index (χ1v) is 26.2. The highest BCUT2D eigenvalue weighted by Crippen LogP contribution is 2.60. The van der Waals surface area contributed by atoms with Crippen molar-refractivity contribution in [2.24, 2.45) is 40.4 Å². The second kappa shape index (κ2) is 16.7. The van der Waals surface area contributed by atoms with Gasteiger partial charge in [0.1, 0.15) is 12.2 Å². The maximum absolute atomic E-state index is 7.57. The summed E-state index contributed by atoms with van der Waals surface area (Å²) in [6.07, 6.45) is 32.4. The van der Waals surface area contributed by atoms with Crippen LogP contribution in [-0.4, -0.2) is 30.5 Å². The first-order valence-electron chi connectivity index (χ1n) is 26.2. The lowest BCUT2D eigenvalue weighted by Gasteiger charge is -2.41. The highest BCUT2D eigenvalue weighted by atomic mass is 16.5. The van der Waals surface area contributed by atoms with Gasteiger partial charge in [0, 0.05) is 63.7 Å². The number of benzene rings is 4. The number of hydrogen-bond donors (Lipinski definition) is 0. The fraction of sp³-hybridized carbons (Fsp3) is 0.333. The van der Waals surface area contributed by atoms with Crippen LogP contribution in [0.4, 0.5) is 11.4 Å². The van der Waals surface area contributed by atoms with Gasteiger partial charge in [0.05, 0.1) is 41.5 Å². The molecule has 13 rings (SSSR count). The molecule has 358 valence electrons. The first kappa shape index (κ1) is 44.7. The van der Waals surface area contributed by atoms with E-state index in [1.807, 2.05) is 0 Å². The van der Waals surface area contributed by atoms with Gasteiger partial charge in [-0.15, -0.1) is 0 Å². The van der Waals surface area contributed by atoms with E-state index in [1.54, 1.807) is 0 Å². The van der Waals surface area contributed by atoms with E-state index in [2.05, 4.69) is 247 Å². The molecule has 3 saturated heterocycles. The Morgan fingerprint density at radius 2 is 0.831 bits per heavy atom. The van der Waals surface area contributed by atoms with Crippen LogP contribution >= 0.6 is 0 Å². The molecular weight excluding hydrogens is 869 g/mol. The van der Waals surface area contributed by atoms with Gasteiger partial charge in [0.15, 0.2) is 0 Å². The van der Waals surface area contributed by atoms with Crippen molar-refractivity contribution in [1.29, 1.82) is 0 Å². The van der Waals surface area contributed by atoms with Gasteiger partial charge in [0.2, 0.25) is 0 Å². The van der Waals surface area contributed by atoms with Crippen molar-refractivity contribution >= 4 is 22.8 Å². The molecule has 71 heavy (non-hydrogen) atoms. The molecule has 3 aliphatic heterocycles. The first-order chi connectivity index (χ1) is 34.3. The van der Waals surface area contributed by atoms with Crippen LogP contribution in [0.2, 0.25) is 0 Å². The third-order valence-electron chi connectivity index (χ3n) is 17.2. The van der Waals surface area contributed by atoms with Crippen LogP contribution in [0, 0.1) is 54.3 Å². The van der Waals surface area contributed by atoms with Crippen molar-refractivity contribution in [3.8, 4) is 0 Å². The Morgan fingerprint density at radius 1 is 0.408 bits per heavy atom. The molecule has 0 saturated carbocycles. The van der Waals surface area contributed by atoms with Crippen LogP contribution in [0.25, 0.3) is 11.4 Å². The summed E-state index contributed by atoms with van der Waals surface area (Å²) in [5.74, 6) is 1.08. The van der Waals surface area contributed by atoms with E-state index in [0.717, 1.165) is 11.4 Å². The number of ether oxygens (including phenoxy) is 3. The molecule has 5 nitrogen and oxygen atoms in total. The van der Waals surface area contributed by atoms with Gasteiger partial charge < -0.3 is 24.0 Å². The summed E-state index contributed by atoms with van der Waals surface area (Å²) in [6, 6.07) is 35.9. The summed E-state index contributed by atoms with van der Waals surface area (Å²) in [5.41, 5.74) is 17.2. The number of nitrogens with zero attached hydrogens (tertiary/aromatic N) is 2. The van der Waals surface area contributed by atoms with Crippen molar-refractivity contribution in [3.05, 3.63) is 238 Å². The quantitative estimate of drug-likeness (QED) is 0.192. The molecule has 4 aromatic carbocycles. The summed E-state index contributed by atoms with van der Waals surface area (Å²) in [7, 11) is 0. The van der Waals surface area contributed by atoms with Crippen LogP contribution < -0.4 is 9.80 Å². The van der Waals surface area contributed by atoms with Crippen molar-refractivity contribution in [2.75, 3.05) is 9.80 Å². The zero-order valence-corrected chi connectivity index (χ0v) is 42.4. The van der Waals surface area contributed by atoms with Gasteiger partial charge in [-0.3, -0.25) is 0 Å². The average Bonchev–Trinajstić information content (AvgIpc) is 4.07. The molecule has 0 N–H and O–H groups in total. The normalized spacial score (nSPS) is 31.5. The number of anilines is 2. The Labute approximate surface area is 421 Å². The average molecular weight is 935 g/mol. The third kappa shape index (κ3) is 7.05. The lowest BCUT2D eigenvalue weighted by molar-refractivity contribution is 0.0589. The highest BCUT2D eigenvalue weighted by Gasteiger charge is 2.54. The SMILES string of the molecule is Cc1ccccc1N(C1=CC2C(OC3C=C(N(C4=CC=CC5C4OC4C(C(C)(C)C)=CC=CC45)c4ccccc4C)c4ccccc4C32)c2ccccc21)C1=CC=CC2C1OC1C(C(C)(C)C)=CC=CC12. The summed E-state index contributed by atoms with van der Waals surface area (Å²) < 4.78 is 22.3. The molecule has 0 aromatic heterocycles. The number of para-hydroxylation sites is 2. The molecular formula is C66H66N2O3. The number of fused-ring (bicyclic) bond motifs is 13. The summed E-state index contributed by atoms with van der Waals surface area (Å²) >= 11 is 0. The fourth-order valence-corrected chi connectivity index (χ4v) is 13.9. The molecule has 6 aliphatic carbocycles. The molecule has 0 amide bonds. The maximum atomic E-state index is 7.57. The molecule has 12 unspecified atom stereocenters. The second-order valence-electron chi connectivity index (χ2n) is 23.4. The van der Waals surface area contributed by atoms with Crippen LogP contribution in [0.3, 0.4) is 0 Å². The topological polar surface area (TPSA) is 34.2 Å². The predicted octanol–water partition coefficient (Wildman–Crippen LogP) is 14.9. The minimum Gasteiger partial charge on any atom is -0.365 e. The molecule has 9 aliphatic rings. The molecule has 4 aromatic rings. The number of hydrogen-bond acceptors (Lipinski definition) is 5. The van der Waals surface area contributed by atoms with Crippen LogP contribution in [0.5, 0.6) is 0 Å². The van der Waals surface area contributed by atoms with Gasteiger partial charge in [0.25, 0.3) is 0 Å². The largest absolute Gasteiger partial charge is 0.365 e. The van der Waals surface area contributed by atoms with Gasteiger partial charge in [-0.2, -0.15) is 0 Å². The molecule has 0 radical (unpaired) electrons. The molecule has 0 spiro atoms. The van der Waals surface area contributed by atoms with Crippen LogP contribution in [0.1, 0.15) is 86.9 Å². The monoisotopic (exact) mass is 935 g/mol. The Hall–Kier alpha value is -6.24. The highest BCUT2D eigenvalue weighted by molar-refractivity contribution is 5.90. The van der Waals surface area contributed by atoms with E-state index in [9.17, 15) is 0 Å². The minimum atomic E-state index is -0.185. The smallest absolute Gasteiger partial charge is 0.106 e. The van der Waals surface area contributed by atoms with Crippen LogP contribution in [0.15, 0.2) is 205 Å². The zero-order chi connectivity index (χ0) is 48.5. The Balaban J connectivity index is 0.935. The van der Waals surface area contributed by atoms with E-state index in [4.69, 9.17) is 14.2 Å². The number of rotatable bonds is 6. The van der Waals surface area contributed by atoms with E-state index in [0.29, 0.717) is 0 Å². The van der Waals surface area contributed by atoms with Crippen molar-refractivity contribution in [1.82, 2.24) is 0 Å². The van der Waals surface area contributed by atoms with Crippen molar-refractivity contribution in [3.63, 3.8) is 0 Å². The minimum absolute atomic E-state index is 0.00807. The van der Waals surface area contributed by atoms with E-state index >= 15 is 0 Å². The molecule has 0 bridgehead atoms. The van der Waals surface area contributed by atoms with Gasteiger partial charge in [-0.05, 0) is 88.4 Å². The fourth-order valence-electron chi connectivity index (χ4n) is 13.9. The summed E-state index contributed by atoms with van der Waals surface area (Å²) in [6.45, 7) is 18.4. The maximum Gasteiger partial charge on any atom is 0.106 e. The lowest BCUT2D eigenvalue weighted by Crippen LogP contribution is -2.37. The number of allylic oxidation sites excluding steroid dienone is 8. The van der Waals surface area contributed by atoms with Gasteiger partial charge in [-0.1, -0.05) is 193 Å². The molecule has 5 heteroatoms. The Bertz CT molecular complexity index is 3170. The standard InChI is InChI=1S/C66H66N2O3/c1-39-21-9-15-33-52(39)67(54-35-19-29-47-45-27-17-31-50(65(3,4)5)61(45)70-63(47)54)56-37-49-59-43-25-13-11-23-41(43)57(38-58(59)69-60(49)44-26-14-12-24-42(44)56)68(53-34-16-10-22-40(53)2)55-36-20-30-48-46-28-18-32-51(66(6,7)8)62(46)71-64(48)55/h9-38,45-49,58-64H,1-8H3. The van der Waals surface area contributed by atoms with Crippen molar-refractivity contribution < 1.29 is 14.2 Å². The van der Waals surface area contributed by atoms with Gasteiger partial charge >= 0.3 is 0 Å². The molecule has 3 heterocycles. The van der Waals surface area contributed by atoms with Crippen LogP contribution in [-0.2, 0) is 14.2 Å². The van der Waals surface area contributed by atoms with Gasteiger partial charge in [-0.25, -0.2) is 0 Å². The van der Waals surface area contributed by atoms with E-state index < -0.39 is 0 Å². The number of aryl methyl sites for hydroxylation is 2. The van der Waals surface area contributed by atoms with E-state index in [1.165, 1.54) is 67.3 Å². The Kier molecular flexibility index (Phi) is 10.5. The zero-order valence-electron chi connectivity index (χ0n) is 42.4. The van der Waals surface area contributed by atoms with E-state index in [-0.39, 0.29) is 83.0 Å². The van der Waals surface area contributed by atoms with Crippen molar-refractivity contribution in [2.45, 2.75) is 97.9 Å². The molecule has 12 atom stereocenters. The Morgan fingerprint density at radius 3 is 1.34 bits per heavy atom. The third-order valence-corrected chi connectivity index (χ3v) is 17.2. The molecule has 3 fully saturated rings. The predicted molar refractivity (Wildman–Crippen MR) is 289 cm³/mol.